The number of likely N-dealkylation sites (tertiary alicyclic amines) is 1. The van der Waals surface area contributed by atoms with Crippen molar-refractivity contribution in [2.75, 3.05) is 20.1 Å². The first kappa shape index (κ1) is 18.2. The second-order valence-electron chi connectivity index (χ2n) is 8.35. The number of fused-ring (bicyclic) bond motifs is 2. The maximum absolute atomic E-state index is 13.0. The summed E-state index contributed by atoms with van der Waals surface area (Å²) in [5.74, 6) is 0.225. The molecule has 150 valence electrons. The van der Waals surface area contributed by atoms with Crippen molar-refractivity contribution in [2.24, 2.45) is 0 Å². The average molecular weight is 393 g/mol. The van der Waals surface area contributed by atoms with Crippen molar-refractivity contribution in [1.29, 1.82) is 0 Å². The SMILES string of the molecule is CN1CCC(O)(Cn2cnn3c(-c4ccc5c(c4)CC(=O)C5)cnc3c2=O)CC1. The van der Waals surface area contributed by atoms with Gasteiger partial charge in [-0.15, -0.1) is 0 Å². The van der Waals surface area contributed by atoms with Gasteiger partial charge in [0.05, 0.1) is 24.0 Å². The Morgan fingerprint density at radius 2 is 1.90 bits per heavy atom. The molecule has 8 heteroatoms. The molecule has 1 N–H and O–H groups in total. The third kappa shape index (κ3) is 3.18. The molecule has 0 spiro atoms. The van der Waals surface area contributed by atoms with Gasteiger partial charge < -0.3 is 10.0 Å². The van der Waals surface area contributed by atoms with Gasteiger partial charge in [0.25, 0.3) is 5.56 Å². The fraction of sp³-hybridized carbons (Fsp3) is 0.429. The first-order chi connectivity index (χ1) is 13.9. The highest BCUT2D eigenvalue weighted by atomic mass is 16.3. The Hall–Kier alpha value is -2.84. The van der Waals surface area contributed by atoms with Crippen LogP contribution in [0.2, 0.25) is 0 Å². The van der Waals surface area contributed by atoms with Gasteiger partial charge in [0, 0.05) is 31.5 Å². The van der Waals surface area contributed by atoms with E-state index in [2.05, 4.69) is 15.0 Å². The highest BCUT2D eigenvalue weighted by Gasteiger charge is 2.32. The number of benzene rings is 1. The maximum Gasteiger partial charge on any atom is 0.296 e. The second-order valence-corrected chi connectivity index (χ2v) is 8.35. The summed E-state index contributed by atoms with van der Waals surface area (Å²) >= 11 is 0. The van der Waals surface area contributed by atoms with Crippen LogP contribution in [0.15, 0.2) is 35.5 Å². The molecular weight excluding hydrogens is 370 g/mol. The summed E-state index contributed by atoms with van der Waals surface area (Å²) in [6.07, 6.45) is 5.30. The van der Waals surface area contributed by atoms with Gasteiger partial charge in [-0.05, 0) is 37.1 Å². The number of carbonyl (C=O) groups is 1. The summed E-state index contributed by atoms with van der Waals surface area (Å²) < 4.78 is 2.99. The lowest BCUT2D eigenvalue weighted by atomic mass is 9.91. The molecule has 1 aromatic carbocycles. The summed E-state index contributed by atoms with van der Waals surface area (Å²) in [6.45, 7) is 1.82. The van der Waals surface area contributed by atoms with E-state index >= 15 is 0 Å². The Kier molecular flexibility index (Phi) is 4.15. The van der Waals surface area contributed by atoms with Crippen molar-refractivity contribution in [1.82, 2.24) is 24.1 Å². The van der Waals surface area contributed by atoms with Gasteiger partial charge in [-0.1, -0.05) is 12.1 Å². The predicted octanol–water partition coefficient (Wildman–Crippen LogP) is 0.682. The molecule has 0 unspecified atom stereocenters. The first-order valence-electron chi connectivity index (χ1n) is 9.90. The van der Waals surface area contributed by atoms with E-state index in [-0.39, 0.29) is 23.5 Å². The molecule has 0 atom stereocenters. The normalized spacial score (nSPS) is 19.0. The lowest BCUT2D eigenvalue weighted by Crippen LogP contribution is -2.47. The number of hydrogen-bond donors (Lipinski definition) is 1. The van der Waals surface area contributed by atoms with Crippen molar-refractivity contribution in [3.63, 3.8) is 0 Å². The third-order valence-corrected chi connectivity index (χ3v) is 6.16. The zero-order chi connectivity index (χ0) is 20.2. The maximum atomic E-state index is 13.0. The Morgan fingerprint density at radius 3 is 2.69 bits per heavy atom. The molecule has 0 amide bonds. The molecule has 8 nitrogen and oxygen atoms in total. The number of imidazole rings is 1. The van der Waals surface area contributed by atoms with Crippen molar-refractivity contribution < 1.29 is 9.90 Å². The number of piperidine rings is 1. The van der Waals surface area contributed by atoms with Gasteiger partial charge in [-0.25, -0.2) is 9.50 Å². The van der Waals surface area contributed by atoms with E-state index in [0.717, 1.165) is 29.8 Å². The van der Waals surface area contributed by atoms with Crippen LogP contribution in [-0.4, -0.2) is 60.7 Å². The Bertz CT molecular complexity index is 1170. The van der Waals surface area contributed by atoms with Crippen LogP contribution >= 0.6 is 0 Å². The van der Waals surface area contributed by atoms with Crippen LogP contribution in [-0.2, 0) is 24.2 Å². The predicted molar refractivity (Wildman–Crippen MR) is 107 cm³/mol. The molecule has 3 heterocycles. The van der Waals surface area contributed by atoms with E-state index in [1.54, 1.807) is 6.20 Å². The van der Waals surface area contributed by atoms with Gasteiger partial charge in [-0.2, -0.15) is 5.10 Å². The van der Waals surface area contributed by atoms with Crippen molar-refractivity contribution in [2.45, 2.75) is 37.8 Å². The zero-order valence-corrected chi connectivity index (χ0v) is 16.3. The molecule has 0 bridgehead atoms. The molecule has 5 rings (SSSR count). The minimum Gasteiger partial charge on any atom is -0.388 e. The lowest BCUT2D eigenvalue weighted by molar-refractivity contribution is -0.117. The number of hydrogen-bond acceptors (Lipinski definition) is 6. The molecule has 2 aromatic heterocycles. The van der Waals surface area contributed by atoms with Crippen LogP contribution in [0, 0.1) is 0 Å². The van der Waals surface area contributed by atoms with Crippen molar-refractivity contribution in [3.05, 3.63) is 52.2 Å². The van der Waals surface area contributed by atoms with Gasteiger partial charge >= 0.3 is 0 Å². The van der Waals surface area contributed by atoms with Crippen LogP contribution in [0.25, 0.3) is 16.9 Å². The van der Waals surface area contributed by atoms with Crippen molar-refractivity contribution >= 4 is 11.4 Å². The van der Waals surface area contributed by atoms with Crippen LogP contribution in [0.4, 0.5) is 0 Å². The van der Waals surface area contributed by atoms with Crippen LogP contribution in [0.5, 0.6) is 0 Å². The average Bonchev–Trinajstić information content (AvgIpc) is 3.29. The molecule has 1 aliphatic carbocycles. The van der Waals surface area contributed by atoms with Gasteiger partial charge in [0.15, 0.2) is 0 Å². The van der Waals surface area contributed by atoms with Crippen LogP contribution in [0.3, 0.4) is 0 Å². The quantitative estimate of drug-likeness (QED) is 0.704. The Labute approximate surface area is 167 Å². The fourth-order valence-electron chi connectivity index (χ4n) is 4.33. The van der Waals surface area contributed by atoms with E-state index in [1.807, 2.05) is 25.2 Å². The Morgan fingerprint density at radius 1 is 1.14 bits per heavy atom. The van der Waals surface area contributed by atoms with E-state index in [4.69, 9.17) is 0 Å². The number of aromatic nitrogens is 4. The number of ketones is 1. The number of Topliss-reactive ketones (excluding diaryl/α,β-unsaturated/α-hetero) is 1. The molecule has 3 aromatic rings. The van der Waals surface area contributed by atoms with E-state index < -0.39 is 5.60 Å². The van der Waals surface area contributed by atoms with E-state index in [1.165, 1.54) is 15.4 Å². The number of aliphatic hydroxyl groups is 1. The van der Waals surface area contributed by atoms with Crippen LogP contribution in [0.1, 0.15) is 24.0 Å². The number of rotatable bonds is 3. The summed E-state index contributed by atoms with van der Waals surface area (Å²) in [5.41, 5.74) is 2.74. The van der Waals surface area contributed by atoms with Crippen molar-refractivity contribution in [3.8, 4) is 11.3 Å². The molecular formula is C21H23N5O3. The topological polar surface area (TPSA) is 92.7 Å². The van der Waals surface area contributed by atoms with Crippen LogP contribution < -0.4 is 5.56 Å². The Balaban J connectivity index is 1.49. The molecule has 1 fully saturated rings. The van der Waals surface area contributed by atoms with Gasteiger partial charge in [0.1, 0.15) is 12.1 Å². The molecule has 29 heavy (non-hydrogen) atoms. The molecule has 0 saturated carbocycles. The summed E-state index contributed by atoms with van der Waals surface area (Å²) in [7, 11) is 2.03. The summed E-state index contributed by atoms with van der Waals surface area (Å²) in [4.78, 5) is 31.1. The van der Waals surface area contributed by atoms with Gasteiger partial charge in [-0.3, -0.25) is 14.2 Å². The third-order valence-electron chi connectivity index (χ3n) is 6.16. The minimum atomic E-state index is -0.904. The smallest absolute Gasteiger partial charge is 0.296 e. The second kappa shape index (κ2) is 6.60. The monoisotopic (exact) mass is 393 g/mol. The van der Waals surface area contributed by atoms with E-state index in [9.17, 15) is 14.7 Å². The highest BCUT2D eigenvalue weighted by molar-refractivity contribution is 5.88. The number of carbonyl (C=O) groups excluding carboxylic acids is 1. The lowest BCUT2D eigenvalue weighted by Gasteiger charge is -2.36. The van der Waals surface area contributed by atoms with E-state index in [0.29, 0.717) is 31.4 Å². The highest BCUT2D eigenvalue weighted by Crippen LogP contribution is 2.27. The fourth-order valence-corrected chi connectivity index (χ4v) is 4.33. The first-order valence-corrected chi connectivity index (χ1v) is 9.90. The largest absolute Gasteiger partial charge is 0.388 e. The van der Waals surface area contributed by atoms with Gasteiger partial charge in [0.2, 0.25) is 5.65 Å². The molecule has 1 aliphatic heterocycles. The zero-order valence-electron chi connectivity index (χ0n) is 16.3. The number of nitrogens with zero attached hydrogens (tertiary/aromatic N) is 5. The summed E-state index contributed by atoms with van der Waals surface area (Å²) in [6, 6.07) is 5.89. The minimum absolute atomic E-state index is 0.215. The molecule has 1 saturated heterocycles. The molecule has 0 radical (unpaired) electrons. The standard InChI is InChI=1S/C21H23N5O3/c1-24-6-4-21(29,5-7-24)12-25-13-23-26-18(11-22-19(26)20(25)28)15-3-2-14-9-17(27)10-16(14)8-15/h2-3,8,11,13,29H,4-7,9-10,12H2,1H3. The summed E-state index contributed by atoms with van der Waals surface area (Å²) in [5, 5.41) is 15.3. The molecule has 2 aliphatic rings.